The second-order valence-corrected chi connectivity index (χ2v) is 4.99. The molecule has 11 heteroatoms. The molecule has 0 aliphatic carbocycles. The second-order valence-electron chi connectivity index (χ2n) is 4.99. The van der Waals surface area contributed by atoms with Gasteiger partial charge in [0.25, 0.3) is 12.4 Å². The summed E-state index contributed by atoms with van der Waals surface area (Å²) in [6, 6.07) is 3.69. The van der Waals surface area contributed by atoms with Gasteiger partial charge in [0.15, 0.2) is 11.3 Å². The summed E-state index contributed by atoms with van der Waals surface area (Å²) in [6.07, 6.45) is 1.15. The number of aryl methyl sites for hydroxylation is 1. The lowest BCUT2D eigenvalue weighted by atomic mass is 10.2. The Labute approximate surface area is 138 Å². The normalized spacial score (nSPS) is 10.6. The molecule has 1 aromatic carbocycles. The van der Waals surface area contributed by atoms with Crippen LogP contribution in [0.5, 0.6) is 0 Å². The zero-order valence-corrected chi connectivity index (χ0v) is 12.8. The highest BCUT2D eigenvalue weighted by atomic mass is 19.1. The molecule has 2 heterocycles. The summed E-state index contributed by atoms with van der Waals surface area (Å²) in [5.41, 5.74) is -0.199. The summed E-state index contributed by atoms with van der Waals surface area (Å²) in [6.45, 7) is 0.0959. The first-order valence-corrected chi connectivity index (χ1v) is 6.92. The number of nitrogens with zero attached hydrogens (tertiary/aromatic N) is 5. The highest BCUT2D eigenvalue weighted by molar-refractivity contribution is 6.06. The van der Waals surface area contributed by atoms with Crippen LogP contribution < -0.4 is 11.0 Å². The summed E-state index contributed by atoms with van der Waals surface area (Å²) in [7, 11) is 1.41. The molecule has 3 rings (SSSR count). The third-order valence-electron chi connectivity index (χ3n) is 3.25. The van der Waals surface area contributed by atoms with Crippen LogP contribution in [0, 0.1) is 5.82 Å². The maximum Gasteiger partial charge on any atom is 0.352 e. The third kappa shape index (κ3) is 3.20. The number of anilines is 1. The van der Waals surface area contributed by atoms with E-state index in [4.69, 9.17) is 0 Å². The van der Waals surface area contributed by atoms with Crippen molar-refractivity contribution in [2.24, 2.45) is 7.05 Å². The Morgan fingerprint density at radius 2 is 2.20 bits per heavy atom. The van der Waals surface area contributed by atoms with E-state index in [9.17, 15) is 18.8 Å². The number of benzene rings is 1. The number of halogens is 1. The Morgan fingerprint density at radius 3 is 2.96 bits per heavy atom. The summed E-state index contributed by atoms with van der Waals surface area (Å²) in [5, 5.41) is 9.81. The molecular formula is C14H11FN6O4. The van der Waals surface area contributed by atoms with Gasteiger partial charge in [-0.3, -0.25) is 9.59 Å². The minimum Gasteiger partial charge on any atom is -0.463 e. The van der Waals surface area contributed by atoms with Gasteiger partial charge in [-0.1, -0.05) is 5.21 Å². The Hall–Kier alpha value is -3.63. The number of nitrogens with one attached hydrogen (secondary N) is 1. The lowest BCUT2D eigenvalue weighted by Gasteiger charge is -2.07. The van der Waals surface area contributed by atoms with E-state index >= 15 is 0 Å². The third-order valence-corrected chi connectivity index (χ3v) is 3.25. The minimum atomic E-state index is -0.696. The lowest BCUT2D eigenvalue weighted by Crippen LogP contribution is -2.27. The van der Waals surface area contributed by atoms with E-state index < -0.39 is 17.4 Å². The van der Waals surface area contributed by atoms with Crippen molar-refractivity contribution in [3.8, 4) is 0 Å². The van der Waals surface area contributed by atoms with Crippen LogP contribution in [0.2, 0.25) is 0 Å². The molecule has 10 nitrogen and oxygen atoms in total. The van der Waals surface area contributed by atoms with Gasteiger partial charge < -0.3 is 10.1 Å². The van der Waals surface area contributed by atoms with E-state index in [1.807, 2.05) is 0 Å². The van der Waals surface area contributed by atoms with E-state index in [0.29, 0.717) is 5.56 Å². The van der Waals surface area contributed by atoms with Gasteiger partial charge in [-0.25, -0.2) is 18.6 Å². The van der Waals surface area contributed by atoms with Crippen LogP contribution in [-0.4, -0.2) is 36.8 Å². The van der Waals surface area contributed by atoms with Gasteiger partial charge >= 0.3 is 5.69 Å². The van der Waals surface area contributed by atoms with Crippen molar-refractivity contribution in [2.75, 3.05) is 5.32 Å². The molecular weight excluding hydrogens is 335 g/mol. The van der Waals surface area contributed by atoms with Crippen molar-refractivity contribution in [2.45, 2.75) is 6.61 Å². The number of rotatable bonds is 5. The molecule has 0 saturated heterocycles. The molecule has 25 heavy (non-hydrogen) atoms. The van der Waals surface area contributed by atoms with Crippen molar-refractivity contribution in [3.05, 3.63) is 52.1 Å². The van der Waals surface area contributed by atoms with Crippen LogP contribution in [0.25, 0.3) is 5.65 Å². The topological polar surface area (TPSA) is 120 Å². The second kappa shape index (κ2) is 6.47. The number of carbonyl (C=O) groups is 2. The van der Waals surface area contributed by atoms with Gasteiger partial charge in [-0.15, -0.1) is 5.10 Å². The molecule has 0 aliphatic rings. The standard InChI is InChI=1S/C14H11FN6O4/c1-20-14(24)21-6-16-11(12(21)18-19-20)13(23)17-10-3-8(5-25-7-22)2-9(15)4-10/h2-4,6-7H,5H2,1H3,(H,17,23). The number of imidazole rings is 1. The number of hydrogen-bond acceptors (Lipinski definition) is 7. The molecule has 128 valence electrons. The largest absolute Gasteiger partial charge is 0.463 e. The monoisotopic (exact) mass is 346 g/mol. The Kier molecular flexibility index (Phi) is 4.20. The molecule has 2 aromatic heterocycles. The van der Waals surface area contributed by atoms with Crippen molar-refractivity contribution in [1.29, 1.82) is 0 Å². The predicted octanol–water partition coefficient (Wildman–Crippen LogP) is -0.113. The van der Waals surface area contributed by atoms with Crippen LogP contribution in [0.1, 0.15) is 16.1 Å². The maximum atomic E-state index is 13.6. The first-order chi connectivity index (χ1) is 12.0. The highest BCUT2D eigenvalue weighted by Gasteiger charge is 2.18. The van der Waals surface area contributed by atoms with Crippen molar-refractivity contribution >= 4 is 23.7 Å². The zero-order valence-electron chi connectivity index (χ0n) is 12.8. The first-order valence-electron chi connectivity index (χ1n) is 6.92. The van der Waals surface area contributed by atoms with Crippen LogP contribution in [-0.2, 0) is 23.2 Å². The fraction of sp³-hybridized carbons (Fsp3) is 0.143. The number of amides is 1. The average Bonchev–Trinajstić information content (AvgIpc) is 3.00. The van der Waals surface area contributed by atoms with Gasteiger partial charge in [0.05, 0.1) is 0 Å². The molecule has 0 bridgehead atoms. The molecule has 0 spiro atoms. The number of aromatic nitrogens is 5. The van der Waals surface area contributed by atoms with E-state index in [1.54, 1.807) is 0 Å². The fourth-order valence-corrected chi connectivity index (χ4v) is 2.17. The van der Waals surface area contributed by atoms with Gasteiger partial charge in [-0.2, -0.15) is 4.68 Å². The summed E-state index contributed by atoms with van der Waals surface area (Å²) < 4.78 is 20.2. The Balaban J connectivity index is 1.90. The van der Waals surface area contributed by atoms with Crippen molar-refractivity contribution < 1.29 is 18.7 Å². The molecule has 0 saturated carbocycles. The number of ether oxygens (including phenoxy) is 1. The van der Waals surface area contributed by atoms with Crippen LogP contribution in [0.4, 0.5) is 10.1 Å². The van der Waals surface area contributed by atoms with Crippen LogP contribution in [0.3, 0.4) is 0 Å². The SMILES string of the molecule is Cn1nnc2c(C(=O)Nc3cc(F)cc(COC=O)c3)ncn2c1=O. The average molecular weight is 346 g/mol. The summed E-state index contributed by atoms with van der Waals surface area (Å²) in [4.78, 5) is 38.3. The Morgan fingerprint density at radius 1 is 1.40 bits per heavy atom. The van der Waals surface area contributed by atoms with Gasteiger partial charge in [0.1, 0.15) is 18.8 Å². The lowest BCUT2D eigenvalue weighted by molar-refractivity contribution is -0.129. The molecule has 0 unspecified atom stereocenters. The Bertz CT molecular complexity index is 1030. The van der Waals surface area contributed by atoms with E-state index in [1.165, 1.54) is 19.2 Å². The van der Waals surface area contributed by atoms with E-state index in [2.05, 4.69) is 25.3 Å². The number of fused-ring (bicyclic) bond motifs is 1. The quantitative estimate of drug-likeness (QED) is 0.640. The molecule has 0 radical (unpaired) electrons. The van der Waals surface area contributed by atoms with Gasteiger partial charge in [0.2, 0.25) is 0 Å². The molecule has 1 N–H and O–H groups in total. The predicted molar refractivity (Wildman–Crippen MR) is 81.2 cm³/mol. The maximum absolute atomic E-state index is 13.6. The summed E-state index contributed by atoms with van der Waals surface area (Å²) >= 11 is 0. The van der Waals surface area contributed by atoms with Crippen molar-refractivity contribution in [1.82, 2.24) is 24.4 Å². The number of hydrogen-bond donors (Lipinski definition) is 1. The fourth-order valence-electron chi connectivity index (χ4n) is 2.17. The van der Waals surface area contributed by atoms with Gasteiger partial charge in [-0.05, 0) is 23.8 Å². The van der Waals surface area contributed by atoms with Crippen LogP contribution >= 0.6 is 0 Å². The van der Waals surface area contributed by atoms with Crippen molar-refractivity contribution in [3.63, 3.8) is 0 Å². The minimum absolute atomic E-state index is 0.0264. The summed E-state index contributed by atoms with van der Waals surface area (Å²) in [5.74, 6) is -1.32. The zero-order chi connectivity index (χ0) is 18.0. The van der Waals surface area contributed by atoms with E-state index in [-0.39, 0.29) is 30.1 Å². The van der Waals surface area contributed by atoms with Gasteiger partial charge in [0, 0.05) is 12.7 Å². The highest BCUT2D eigenvalue weighted by Crippen LogP contribution is 2.16. The van der Waals surface area contributed by atoms with E-state index in [0.717, 1.165) is 21.5 Å². The first kappa shape index (κ1) is 16.2. The molecule has 0 atom stereocenters. The molecule has 1 amide bonds. The smallest absolute Gasteiger partial charge is 0.352 e. The molecule has 3 aromatic rings. The molecule has 0 fully saturated rings. The number of carbonyl (C=O) groups excluding carboxylic acids is 2. The van der Waals surface area contributed by atoms with Crippen LogP contribution in [0.15, 0.2) is 29.3 Å². The molecule has 0 aliphatic heterocycles.